The molecule has 1 fully saturated rings. The van der Waals surface area contributed by atoms with Crippen LogP contribution in [0.3, 0.4) is 0 Å². The molecule has 0 atom stereocenters. The quantitative estimate of drug-likeness (QED) is 0.842. The topological polar surface area (TPSA) is 49.3 Å². The van der Waals surface area contributed by atoms with Crippen molar-refractivity contribution < 1.29 is 4.79 Å². The fraction of sp³-hybridized carbons (Fsp3) is 0.389. The fourth-order valence-corrected chi connectivity index (χ4v) is 3.72. The van der Waals surface area contributed by atoms with Crippen molar-refractivity contribution in [3.63, 3.8) is 0 Å². The first kappa shape index (κ1) is 15.4. The van der Waals surface area contributed by atoms with Gasteiger partial charge >= 0.3 is 0 Å². The van der Waals surface area contributed by atoms with Crippen LogP contribution < -0.4 is 9.80 Å². The number of hydrogen-bond acceptors (Lipinski definition) is 4. The van der Waals surface area contributed by atoms with Gasteiger partial charge in [-0.25, -0.2) is 0 Å². The van der Waals surface area contributed by atoms with E-state index in [-0.39, 0.29) is 11.8 Å². The van der Waals surface area contributed by atoms with Crippen LogP contribution in [0.25, 0.3) is 0 Å². The summed E-state index contributed by atoms with van der Waals surface area (Å²) in [5, 5.41) is 8.42. The van der Waals surface area contributed by atoms with Crippen LogP contribution in [-0.2, 0) is 11.2 Å². The van der Waals surface area contributed by atoms with Crippen LogP contribution in [0.5, 0.6) is 0 Å². The maximum absolute atomic E-state index is 12.9. The fourth-order valence-electron chi connectivity index (χ4n) is 3.62. The van der Waals surface area contributed by atoms with Gasteiger partial charge < -0.3 is 9.80 Å². The van der Waals surface area contributed by atoms with Gasteiger partial charge in [0.2, 0.25) is 5.91 Å². The smallest absolute Gasteiger partial charge is 0.230 e. The van der Waals surface area contributed by atoms with Gasteiger partial charge in [0.05, 0.1) is 0 Å². The standard InChI is InChI=1S/C18H19ClN4O/c19-16-5-6-17(21-20-16)22-10-7-14(8-11-22)18(24)23-12-9-13-3-1-2-4-15(13)23/h1-6,14H,7-12H2. The molecule has 0 bridgehead atoms. The van der Waals surface area contributed by atoms with Gasteiger partial charge in [-0.3, -0.25) is 4.79 Å². The van der Waals surface area contributed by atoms with Gasteiger partial charge in [0.25, 0.3) is 0 Å². The molecular weight excluding hydrogens is 324 g/mol. The molecule has 1 aromatic heterocycles. The number of fused-ring (bicyclic) bond motifs is 1. The minimum atomic E-state index is 0.0904. The van der Waals surface area contributed by atoms with E-state index in [0.29, 0.717) is 5.15 Å². The number of hydrogen-bond donors (Lipinski definition) is 0. The van der Waals surface area contributed by atoms with Gasteiger partial charge in [-0.15, -0.1) is 10.2 Å². The number of benzene rings is 1. The molecule has 24 heavy (non-hydrogen) atoms. The van der Waals surface area contributed by atoms with E-state index in [1.165, 1.54) is 5.56 Å². The van der Waals surface area contributed by atoms with Crippen molar-refractivity contribution in [3.05, 3.63) is 47.1 Å². The second-order valence-corrected chi connectivity index (χ2v) is 6.73. The molecule has 0 saturated carbocycles. The van der Waals surface area contributed by atoms with Crippen molar-refractivity contribution >= 4 is 29.0 Å². The first-order chi connectivity index (χ1) is 11.7. The molecule has 0 unspecified atom stereocenters. The predicted octanol–water partition coefficient (Wildman–Crippen LogP) is 2.94. The van der Waals surface area contributed by atoms with Crippen LogP contribution in [0, 0.1) is 5.92 Å². The van der Waals surface area contributed by atoms with E-state index in [1.54, 1.807) is 6.07 Å². The normalized spacial score (nSPS) is 17.9. The van der Waals surface area contributed by atoms with Crippen LogP contribution in [0.1, 0.15) is 18.4 Å². The van der Waals surface area contributed by atoms with E-state index < -0.39 is 0 Å². The lowest BCUT2D eigenvalue weighted by Crippen LogP contribution is -2.42. The van der Waals surface area contributed by atoms with Crippen LogP contribution in [0.4, 0.5) is 11.5 Å². The number of anilines is 2. The maximum atomic E-state index is 12.9. The Morgan fingerprint density at radius 1 is 1.04 bits per heavy atom. The van der Waals surface area contributed by atoms with Crippen LogP contribution >= 0.6 is 11.6 Å². The van der Waals surface area contributed by atoms with Gasteiger partial charge in [0.1, 0.15) is 0 Å². The molecule has 124 valence electrons. The summed E-state index contributed by atoms with van der Waals surface area (Å²) in [7, 11) is 0. The minimum absolute atomic E-state index is 0.0904. The maximum Gasteiger partial charge on any atom is 0.230 e. The third-order valence-corrected chi connectivity index (χ3v) is 5.14. The average Bonchev–Trinajstić information content (AvgIpc) is 3.06. The SMILES string of the molecule is O=C(C1CCN(c2ccc(Cl)nn2)CC1)N1CCc2ccccc21. The lowest BCUT2D eigenvalue weighted by atomic mass is 9.95. The number of halogens is 1. The summed E-state index contributed by atoms with van der Waals surface area (Å²) < 4.78 is 0. The zero-order valence-corrected chi connectivity index (χ0v) is 14.1. The van der Waals surface area contributed by atoms with Crippen molar-refractivity contribution in [2.75, 3.05) is 29.4 Å². The number of piperidine rings is 1. The van der Waals surface area contributed by atoms with Crippen molar-refractivity contribution in [1.29, 1.82) is 0 Å². The summed E-state index contributed by atoms with van der Waals surface area (Å²) in [5.41, 5.74) is 2.37. The van der Waals surface area contributed by atoms with Crippen LogP contribution in [-0.4, -0.2) is 35.7 Å². The predicted molar refractivity (Wildman–Crippen MR) is 94.5 cm³/mol. The van der Waals surface area contributed by atoms with Gasteiger partial charge in [-0.2, -0.15) is 0 Å². The Hall–Kier alpha value is -2.14. The van der Waals surface area contributed by atoms with E-state index in [2.05, 4.69) is 27.2 Å². The molecule has 6 heteroatoms. The Kier molecular flexibility index (Phi) is 4.10. The lowest BCUT2D eigenvalue weighted by Gasteiger charge is -2.33. The summed E-state index contributed by atoms with van der Waals surface area (Å²) in [5.74, 6) is 1.19. The molecular formula is C18H19ClN4O. The van der Waals surface area contributed by atoms with Crippen molar-refractivity contribution in [2.45, 2.75) is 19.3 Å². The average molecular weight is 343 g/mol. The Morgan fingerprint density at radius 3 is 2.58 bits per heavy atom. The van der Waals surface area contributed by atoms with E-state index in [4.69, 9.17) is 11.6 Å². The summed E-state index contributed by atoms with van der Waals surface area (Å²) in [6, 6.07) is 11.9. The van der Waals surface area contributed by atoms with E-state index >= 15 is 0 Å². The summed E-state index contributed by atoms with van der Waals surface area (Å²) in [6.45, 7) is 2.45. The third-order valence-electron chi connectivity index (χ3n) is 4.94. The number of carbonyl (C=O) groups excluding carboxylic acids is 1. The number of para-hydroxylation sites is 1. The number of aromatic nitrogens is 2. The monoisotopic (exact) mass is 342 g/mol. The number of amides is 1. The highest BCUT2D eigenvalue weighted by Crippen LogP contribution is 2.31. The molecule has 1 aromatic carbocycles. The summed E-state index contributed by atoms with van der Waals surface area (Å²) >= 11 is 5.79. The minimum Gasteiger partial charge on any atom is -0.355 e. The lowest BCUT2D eigenvalue weighted by molar-refractivity contribution is -0.122. The first-order valence-corrected chi connectivity index (χ1v) is 8.73. The Morgan fingerprint density at radius 2 is 1.83 bits per heavy atom. The molecule has 0 radical (unpaired) electrons. The highest BCUT2D eigenvalue weighted by Gasteiger charge is 2.32. The zero-order valence-electron chi connectivity index (χ0n) is 13.4. The molecule has 1 amide bonds. The largest absolute Gasteiger partial charge is 0.355 e. The Bertz CT molecular complexity index is 741. The summed E-state index contributed by atoms with van der Waals surface area (Å²) in [6.07, 6.45) is 2.66. The number of rotatable bonds is 2. The van der Waals surface area contributed by atoms with Crippen molar-refractivity contribution in [3.8, 4) is 0 Å². The van der Waals surface area contributed by atoms with Gasteiger partial charge in [-0.05, 0) is 43.0 Å². The first-order valence-electron chi connectivity index (χ1n) is 8.36. The second-order valence-electron chi connectivity index (χ2n) is 6.34. The molecule has 2 aromatic rings. The van der Waals surface area contributed by atoms with Gasteiger partial charge in [-0.1, -0.05) is 29.8 Å². The van der Waals surface area contributed by atoms with Crippen LogP contribution in [0.15, 0.2) is 36.4 Å². The second kappa shape index (κ2) is 6.40. The van der Waals surface area contributed by atoms with Crippen LogP contribution in [0.2, 0.25) is 5.15 Å². The molecule has 0 N–H and O–H groups in total. The summed E-state index contributed by atoms with van der Waals surface area (Å²) in [4.78, 5) is 17.1. The molecule has 1 saturated heterocycles. The van der Waals surface area contributed by atoms with Gasteiger partial charge in [0, 0.05) is 31.2 Å². The molecule has 2 aliphatic rings. The highest BCUT2D eigenvalue weighted by atomic mass is 35.5. The molecule has 4 rings (SSSR count). The Labute approximate surface area is 146 Å². The molecule has 5 nitrogen and oxygen atoms in total. The number of carbonyl (C=O) groups is 1. The van der Waals surface area contributed by atoms with Crippen molar-refractivity contribution in [2.24, 2.45) is 5.92 Å². The molecule has 3 heterocycles. The Balaban J connectivity index is 1.41. The van der Waals surface area contributed by atoms with Crippen molar-refractivity contribution in [1.82, 2.24) is 10.2 Å². The molecule has 0 aliphatic carbocycles. The van der Waals surface area contributed by atoms with E-state index in [0.717, 1.165) is 50.4 Å². The molecule has 2 aliphatic heterocycles. The van der Waals surface area contributed by atoms with E-state index in [1.807, 2.05) is 23.1 Å². The number of nitrogens with zero attached hydrogens (tertiary/aromatic N) is 4. The third kappa shape index (κ3) is 2.84. The van der Waals surface area contributed by atoms with Gasteiger partial charge in [0.15, 0.2) is 11.0 Å². The molecule has 0 spiro atoms. The highest BCUT2D eigenvalue weighted by molar-refractivity contribution is 6.29. The van der Waals surface area contributed by atoms with E-state index in [9.17, 15) is 4.79 Å². The zero-order chi connectivity index (χ0) is 16.5.